The van der Waals surface area contributed by atoms with E-state index in [4.69, 9.17) is 11.0 Å². The van der Waals surface area contributed by atoms with E-state index in [-0.39, 0.29) is 0 Å². The van der Waals surface area contributed by atoms with Crippen LogP contribution >= 0.6 is 27.7 Å². The molecule has 0 spiro atoms. The van der Waals surface area contributed by atoms with Gasteiger partial charge in [0.05, 0.1) is 0 Å². The van der Waals surface area contributed by atoms with Crippen molar-refractivity contribution in [2.45, 2.75) is 5.16 Å². The van der Waals surface area contributed by atoms with Crippen molar-refractivity contribution in [3.63, 3.8) is 0 Å². The average molecular weight is 335 g/mol. The fourth-order valence-electron chi connectivity index (χ4n) is 1.65. The second kappa shape index (κ2) is 4.60. The number of hydrogen-bond acceptors (Lipinski definition) is 6. The van der Waals surface area contributed by atoms with Gasteiger partial charge in [-0.1, -0.05) is 28.1 Å². The highest BCUT2D eigenvalue weighted by molar-refractivity contribution is 9.10. The Morgan fingerprint density at radius 3 is 2.89 bits per heavy atom. The standard InChI is InChI=1S/C11H7BrN6S/c12-7-4-2-1-3-6(7)10-15-16-11-18(10)17-9(14)8(5-13)19-11/h1-4,17H,14H2. The first-order chi connectivity index (χ1) is 9.20. The molecule has 0 radical (unpaired) electrons. The number of fused-ring (bicyclic) bond motifs is 1. The van der Waals surface area contributed by atoms with Crippen molar-refractivity contribution in [2.24, 2.45) is 5.73 Å². The summed E-state index contributed by atoms with van der Waals surface area (Å²) in [5.74, 6) is 0.933. The highest BCUT2D eigenvalue weighted by atomic mass is 79.9. The van der Waals surface area contributed by atoms with Crippen molar-refractivity contribution in [2.75, 3.05) is 5.43 Å². The lowest BCUT2D eigenvalue weighted by Crippen LogP contribution is -2.25. The van der Waals surface area contributed by atoms with Crippen LogP contribution in [0.3, 0.4) is 0 Å². The number of benzene rings is 1. The summed E-state index contributed by atoms with van der Waals surface area (Å²) in [6.45, 7) is 0. The molecule has 2 aromatic rings. The van der Waals surface area contributed by atoms with Crippen LogP contribution in [0, 0.1) is 11.3 Å². The molecule has 8 heteroatoms. The fraction of sp³-hybridized carbons (Fsp3) is 0. The molecule has 0 unspecified atom stereocenters. The third-order valence-corrected chi connectivity index (χ3v) is 4.17. The van der Waals surface area contributed by atoms with Gasteiger partial charge in [-0.25, -0.2) is 4.68 Å². The lowest BCUT2D eigenvalue weighted by Gasteiger charge is -2.17. The smallest absolute Gasteiger partial charge is 0.216 e. The number of nitriles is 1. The van der Waals surface area contributed by atoms with E-state index in [0.717, 1.165) is 10.0 Å². The predicted molar refractivity (Wildman–Crippen MR) is 75.2 cm³/mol. The van der Waals surface area contributed by atoms with Crippen molar-refractivity contribution in [1.29, 1.82) is 5.26 Å². The summed E-state index contributed by atoms with van der Waals surface area (Å²) >= 11 is 4.67. The maximum Gasteiger partial charge on any atom is 0.216 e. The first kappa shape index (κ1) is 12.1. The molecular formula is C11H7BrN6S. The molecule has 19 heavy (non-hydrogen) atoms. The molecule has 6 nitrogen and oxygen atoms in total. The van der Waals surface area contributed by atoms with Crippen molar-refractivity contribution < 1.29 is 0 Å². The third-order valence-electron chi connectivity index (χ3n) is 2.52. The lowest BCUT2D eigenvalue weighted by atomic mass is 10.2. The molecule has 94 valence electrons. The molecule has 1 aromatic carbocycles. The molecule has 1 aromatic heterocycles. The quantitative estimate of drug-likeness (QED) is 0.828. The summed E-state index contributed by atoms with van der Waals surface area (Å²) in [7, 11) is 0. The van der Waals surface area contributed by atoms with Gasteiger partial charge in [0.15, 0.2) is 5.82 Å². The molecule has 3 N–H and O–H groups in total. The van der Waals surface area contributed by atoms with Gasteiger partial charge in [0.25, 0.3) is 0 Å². The second-order valence-electron chi connectivity index (χ2n) is 3.69. The first-order valence-corrected chi connectivity index (χ1v) is 6.86. The van der Waals surface area contributed by atoms with Gasteiger partial charge in [0.1, 0.15) is 16.8 Å². The molecule has 3 rings (SSSR count). The number of hydrogen-bond donors (Lipinski definition) is 2. The predicted octanol–water partition coefficient (Wildman–Crippen LogP) is 2.01. The Hall–Kier alpha value is -1.98. The van der Waals surface area contributed by atoms with Crippen LogP contribution in [0.25, 0.3) is 11.4 Å². The molecule has 0 atom stereocenters. The largest absolute Gasteiger partial charge is 0.383 e. The molecule has 0 amide bonds. The van der Waals surface area contributed by atoms with Crippen molar-refractivity contribution in [3.05, 3.63) is 39.5 Å². The number of halogens is 1. The monoisotopic (exact) mass is 334 g/mol. The molecule has 1 aliphatic heterocycles. The normalized spacial score (nSPS) is 13.7. The topological polar surface area (TPSA) is 92.6 Å². The molecule has 2 heterocycles. The summed E-state index contributed by atoms with van der Waals surface area (Å²) in [5.41, 5.74) is 9.60. The summed E-state index contributed by atoms with van der Waals surface area (Å²) in [5, 5.41) is 17.7. The van der Waals surface area contributed by atoms with Gasteiger partial charge in [0, 0.05) is 10.0 Å². The van der Waals surface area contributed by atoms with E-state index in [2.05, 4.69) is 31.6 Å². The average Bonchev–Trinajstić information content (AvgIpc) is 2.81. The number of nitrogens with two attached hydrogens (primary N) is 1. The van der Waals surface area contributed by atoms with Crippen LogP contribution in [-0.4, -0.2) is 14.9 Å². The Bertz CT molecular complexity index is 729. The molecule has 1 aliphatic rings. The first-order valence-electron chi connectivity index (χ1n) is 5.25. The fourth-order valence-corrected chi connectivity index (χ4v) is 2.81. The number of nitrogens with zero attached hydrogens (tertiary/aromatic N) is 4. The van der Waals surface area contributed by atoms with Gasteiger partial charge in [-0.2, -0.15) is 5.26 Å². The van der Waals surface area contributed by atoms with Crippen LogP contribution in [0.2, 0.25) is 0 Å². The SMILES string of the molecule is N#CC1=C(N)Nn2c(nnc2-c2ccccc2Br)S1. The molecule has 0 bridgehead atoms. The van der Waals surface area contributed by atoms with Crippen LogP contribution in [0.5, 0.6) is 0 Å². The van der Waals surface area contributed by atoms with E-state index in [1.807, 2.05) is 30.3 Å². The number of rotatable bonds is 1. The van der Waals surface area contributed by atoms with Crippen molar-refractivity contribution in [1.82, 2.24) is 14.9 Å². The van der Waals surface area contributed by atoms with Crippen LogP contribution in [-0.2, 0) is 0 Å². The number of aromatic nitrogens is 3. The maximum atomic E-state index is 8.94. The zero-order chi connectivity index (χ0) is 13.4. The van der Waals surface area contributed by atoms with Gasteiger partial charge in [-0.3, -0.25) is 5.43 Å². The van der Waals surface area contributed by atoms with Gasteiger partial charge in [-0.05, 0) is 23.9 Å². The van der Waals surface area contributed by atoms with Crippen LogP contribution in [0.4, 0.5) is 0 Å². The van der Waals surface area contributed by atoms with Crippen LogP contribution < -0.4 is 11.2 Å². The van der Waals surface area contributed by atoms with Gasteiger partial charge < -0.3 is 5.73 Å². The summed E-state index contributed by atoms with van der Waals surface area (Å²) < 4.78 is 2.58. The zero-order valence-corrected chi connectivity index (χ0v) is 11.9. The minimum Gasteiger partial charge on any atom is -0.383 e. The number of thioether (sulfide) groups is 1. The zero-order valence-electron chi connectivity index (χ0n) is 9.46. The maximum absolute atomic E-state index is 8.94. The Morgan fingerprint density at radius 1 is 1.37 bits per heavy atom. The van der Waals surface area contributed by atoms with Crippen molar-refractivity contribution in [3.8, 4) is 17.5 Å². The van der Waals surface area contributed by atoms with Crippen LogP contribution in [0.15, 0.2) is 44.6 Å². The van der Waals surface area contributed by atoms with E-state index in [1.54, 1.807) is 4.68 Å². The molecule has 0 aliphatic carbocycles. The highest BCUT2D eigenvalue weighted by Gasteiger charge is 2.23. The lowest BCUT2D eigenvalue weighted by molar-refractivity contribution is 0.792. The minimum atomic E-state index is 0.299. The van der Waals surface area contributed by atoms with E-state index in [1.165, 1.54) is 11.8 Å². The Kier molecular flexibility index (Phi) is 2.93. The van der Waals surface area contributed by atoms with Crippen LogP contribution in [0.1, 0.15) is 0 Å². The highest BCUT2D eigenvalue weighted by Crippen LogP contribution is 2.33. The Balaban J connectivity index is 2.10. The molecule has 0 saturated carbocycles. The summed E-state index contributed by atoms with van der Waals surface area (Å²) in [4.78, 5) is 0.388. The molecular weight excluding hydrogens is 328 g/mol. The van der Waals surface area contributed by atoms with E-state index in [0.29, 0.717) is 21.7 Å². The van der Waals surface area contributed by atoms with E-state index in [9.17, 15) is 0 Å². The van der Waals surface area contributed by atoms with Gasteiger partial charge in [-0.15, -0.1) is 10.2 Å². The molecule has 0 fully saturated rings. The van der Waals surface area contributed by atoms with Gasteiger partial charge in [0.2, 0.25) is 5.16 Å². The summed E-state index contributed by atoms with van der Waals surface area (Å²) in [6.07, 6.45) is 0. The third kappa shape index (κ3) is 1.97. The Labute approximate surface area is 121 Å². The molecule has 0 saturated heterocycles. The van der Waals surface area contributed by atoms with E-state index < -0.39 is 0 Å². The number of allylic oxidation sites excluding steroid dienone is 1. The van der Waals surface area contributed by atoms with Gasteiger partial charge >= 0.3 is 0 Å². The van der Waals surface area contributed by atoms with E-state index >= 15 is 0 Å². The second-order valence-corrected chi connectivity index (χ2v) is 5.52. The number of nitrogens with one attached hydrogen (secondary N) is 1. The summed E-state index contributed by atoms with van der Waals surface area (Å²) in [6, 6.07) is 9.70. The minimum absolute atomic E-state index is 0.299. The Morgan fingerprint density at radius 2 is 2.16 bits per heavy atom. The van der Waals surface area contributed by atoms with Crippen molar-refractivity contribution >= 4 is 27.7 Å².